The van der Waals surface area contributed by atoms with E-state index in [2.05, 4.69) is 47.3 Å². The van der Waals surface area contributed by atoms with E-state index in [1.165, 1.54) is 0 Å². The molecule has 2 fully saturated rings. The molecule has 10 nitrogen and oxygen atoms in total. The van der Waals surface area contributed by atoms with Crippen LogP contribution in [0.4, 0.5) is 5.95 Å². The number of hydrogen-bond acceptors (Lipinski definition) is 8. The summed E-state index contributed by atoms with van der Waals surface area (Å²) >= 11 is 0. The molecule has 2 N–H and O–H groups in total. The predicted octanol–water partition coefficient (Wildman–Crippen LogP) is 3.25. The van der Waals surface area contributed by atoms with Gasteiger partial charge in [0.15, 0.2) is 11.5 Å². The zero-order valence-electron chi connectivity index (χ0n) is 21.7. The second kappa shape index (κ2) is 10.4. The number of nitrogen functional groups attached to an aromatic ring is 1. The van der Waals surface area contributed by atoms with E-state index in [4.69, 9.17) is 10.7 Å². The quantitative estimate of drug-likeness (QED) is 0.434. The molecule has 196 valence electrons. The molecular formula is C28H33N9O. The van der Waals surface area contributed by atoms with Gasteiger partial charge >= 0.3 is 0 Å². The third-order valence-corrected chi connectivity index (χ3v) is 7.88. The number of carbonyl (C=O) groups is 1. The van der Waals surface area contributed by atoms with Gasteiger partial charge in [0, 0.05) is 61.9 Å². The number of rotatable bonds is 5. The minimum Gasteiger partial charge on any atom is -0.368 e. The first kappa shape index (κ1) is 24.4. The van der Waals surface area contributed by atoms with Crippen LogP contribution in [0.15, 0.2) is 49.1 Å². The maximum Gasteiger partial charge on any atom is 0.225 e. The number of nitrogens with two attached hydrogens (primary N) is 1. The number of hydrogen-bond donors (Lipinski definition) is 1. The molecule has 0 radical (unpaired) electrons. The summed E-state index contributed by atoms with van der Waals surface area (Å²) in [5, 5.41) is 0. The number of carbonyl (C=O) groups excluding carboxylic acids is 1. The fraction of sp³-hybridized carbons (Fsp3) is 0.429. The lowest BCUT2D eigenvalue weighted by atomic mass is 9.93. The van der Waals surface area contributed by atoms with Crippen molar-refractivity contribution in [3.8, 4) is 11.5 Å². The van der Waals surface area contributed by atoms with Crippen LogP contribution in [0.3, 0.4) is 0 Å². The van der Waals surface area contributed by atoms with Crippen molar-refractivity contribution >= 4 is 23.0 Å². The molecule has 0 spiro atoms. The molecule has 0 aliphatic carbocycles. The molecule has 38 heavy (non-hydrogen) atoms. The molecule has 0 atom stereocenters. The van der Waals surface area contributed by atoms with Gasteiger partial charge in [0.2, 0.25) is 11.9 Å². The molecule has 0 saturated carbocycles. The molecule has 6 heterocycles. The Labute approximate surface area is 221 Å². The highest BCUT2D eigenvalue weighted by atomic mass is 16.2. The third-order valence-electron chi connectivity index (χ3n) is 7.88. The van der Waals surface area contributed by atoms with Crippen molar-refractivity contribution in [2.45, 2.75) is 45.2 Å². The van der Waals surface area contributed by atoms with Crippen molar-refractivity contribution in [2.75, 3.05) is 31.9 Å². The first-order chi connectivity index (χ1) is 18.6. The fourth-order valence-corrected chi connectivity index (χ4v) is 5.81. The molecule has 2 saturated heterocycles. The molecule has 2 aliphatic rings. The topological polar surface area (TPSA) is 119 Å². The fourth-order valence-electron chi connectivity index (χ4n) is 5.81. The SMILES string of the molecule is Cc1cccnc1-c1nc2cccnc2n1C1CCN(C(=O)C2CCN(Cc3cnc(N)nc3)CC2)CC1. The van der Waals surface area contributed by atoms with Gasteiger partial charge in [0.1, 0.15) is 11.2 Å². The normalized spacial score (nSPS) is 17.8. The van der Waals surface area contributed by atoms with Gasteiger partial charge in [-0.25, -0.2) is 19.9 Å². The van der Waals surface area contributed by atoms with Gasteiger partial charge < -0.3 is 15.2 Å². The number of aryl methyl sites for hydroxylation is 1. The van der Waals surface area contributed by atoms with Gasteiger partial charge in [-0.3, -0.25) is 14.7 Å². The van der Waals surface area contributed by atoms with Crippen LogP contribution in [0.5, 0.6) is 0 Å². The van der Waals surface area contributed by atoms with Crippen molar-refractivity contribution in [2.24, 2.45) is 5.92 Å². The molecular weight excluding hydrogens is 478 g/mol. The second-order valence-electron chi connectivity index (χ2n) is 10.4. The maximum atomic E-state index is 13.4. The van der Waals surface area contributed by atoms with Crippen LogP contribution in [0.2, 0.25) is 0 Å². The molecule has 0 bridgehead atoms. The van der Waals surface area contributed by atoms with Gasteiger partial charge in [-0.1, -0.05) is 6.07 Å². The zero-order valence-corrected chi connectivity index (χ0v) is 21.7. The Balaban J connectivity index is 1.10. The van der Waals surface area contributed by atoms with Crippen LogP contribution in [-0.4, -0.2) is 71.4 Å². The molecule has 10 heteroatoms. The lowest BCUT2D eigenvalue weighted by Crippen LogP contribution is -2.45. The summed E-state index contributed by atoms with van der Waals surface area (Å²) in [6.45, 7) is 6.15. The van der Waals surface area contributed by atoms with E-state index in [-0.39, 0.29) is 12.0 Å². The molecule has 4 aromatic rings. The van der Waals surface area contributed by atoms with E-state index in [0.29, 0.717) is 11.9 Å². The number of imidazole rings is 1. The average Bonchev–Trinajstić information content (AvgIpc) is 3.34. The van der Waals surface area contributed by atoms with Gasteiger partial charge in [0.25, 0.3) is 0 Å². The van der Waals surface area contributed by atoms with Gasteiger partial charge in [-0.15, -0.1) is 0 Å². The van der Waals surface area contributed by atoms with Crippen LogP contribution < -0.4 is 5.73 Å². The maximum absolute atomic E-state index is 13.4. The number of fused-ring (bicyclic) bond motifs is 1. The van der Waals surface area contributed by atoms with Gasteiger partial charge in [-0.2, -0.15) is 0 Å². The molecule has 6 rings (SSSR count). The largest absolute Gasteiger partial charge is 0.368 e. The molecule has 4 aromatic heterocycles. The average molecular weight is 512 g/mol. The van der Waals surface area contributed by atoms with Crippen molar-refractivity contribution in [3.63, 3.8) is 0 Å². The highest BCUT2D eigenvalue weighted by Gasteiger charge is 2.33. The van der Waals surface area contributed by atoms with Gasteiger partial charge in [-0.05, 0) is 69.5 Å². The minimum absolute atomic E-state index is 0.0907. The van der Waals surface area contributed by atoms with Crippen LogP contribution in [0, 0.1) is 12.8 Å². The van der Waals surface area contributed by atoms with Crippen molar-refractivity contribution < 1.29 is 4.79 Å². The first-order valence-corrected chi connectivity index (χ1v) is 13.4. The van der Waals surface area contributed by atoms with Crippen LogP contribution in [0.25, 0.3) is 22.7 Å². The Morgan fingerprint density at radius 2 is 1.66 bits per heavy atom. The standard InChI is InChI=1S/C28H33N9O/c1-19-4-2-10-30-24(19)26-34-23-5-3-11-31-25(23)37(26)22-8-14-36(15-9-22)27(38)21-6-12-35(13-7-21)18-20-16-32-28(29)33-17-20/h2-5,10-11,16-17,21-22H,6-9,12-15,18H2,1H3,(H2,29,32,33). The number of amides is 1. The Hall–Kier alpha value is -3.92. The summed E-state index contributed by atoms with van der Waals surface area (Å²) < 4.78 is 2.26. The summed E-state index contributed by atoms with van der Waals surface area (Å²) in [4.78, 5) is 40.3. The monoisotopic (exact) mass is 511 g/mol. The van der Waals surface area contributed by atoms with Crippen LogP contribution >= 0.6 is 0 Å². The van der Waals surface area contributed by atoms with Crippen LogP contribution in [-0.2, 0) is 11.3 Å². The summed E-state index contributed by atoms with van der Waals surface area (Å²) in [5.74, 6) is 1.55. The Morgan fingerprint density at radius 1 is 0.947 bits per heavy atom. The van der Waals surface area contributed by atoms with E-state index in [1.807, 2.05) is 30.6 Å². The van der Waals surface area contributed by atoms with Gasteiger partial charge in [0.05, 0.1) is 0 Å². The predicted molar refractivity (Wildman–Crippen MR) is 145 cm³/mol. The number of aromatic nitrogens is 6. The number of likely N-dealkylation sites (tertiary alicyclic amines) is 2. The van der Waals surface area contributed by atoms with Crippen LogP contribution in [0.1, 0.15) is 42.9 Å². The van der Waals surface area contributed by atoms with Crippen molar-refractivity contribution in [1.29, 1.82) is 0 Å². The van der Waals surface area contributed by atoms with E-state index in [1.54, 1.807) is 12.4 Å². The number of piperidine rings is 2. The Morgan fingerprint density at radius 3 is 2.39 bits per heavy atom. The summed E-state index contributed by atoms with van der Waals surface area (Å²) in [6, 6.07) is 8.16. The lowest BCUT2D eigenvalue weighted by Gasteiger charge is -2.37. The van der Waals surface area contributed by atoms with E-state index < -0.39 is 0 Å². The Kier molecular flexibility index (Phi) is 6.71. The second-order valence-corrected chi connectivity index (χ2v) is 10.4. The zero-order chi connectivity index (χ0) is 26.1. The highest BCUT2D eigenvalue weighted by Crippen LogP contribution is 2.33. The lowest BCUT2D eigenvalue weighted by molar-refractivity contribution is -0.138. The molecule has 1 amide bonds. The van der Waals surface area contributed by atoms with E-state index >= 15 is 0 Å². The minimum atomic E-state index is 0.0907. The summed E-state index contributed by atoms with van der Waals surface area (Å²) in [6.07, 6.45) is 10.7. The van der Waals surface area contributed by atoms with E-state index in [0.717, 1.165) is 92.2 Å². The number of pyridine rings is 2. The smallest absolute Gasteiger partial charge is 0.225 e. The summed E-state index contributed by atoms with van der Waals surface area (Å²) in [5.41, 5.74) is 10.4. The number of nitrogens with zero attached hydrogens (tertiary/aromatic N) is 8. The van der Waals surface area contributed by atoms with Crippen molar-refractivity contribution in [3.05, 3.63) is 60.2 Å². The molecule has 2 aliphatic heterocycles. The van der Waals surface area contributed by atoms with E-state index in [9.17, 15) is 4.79 Å². The Bertz CT molecular complexity index is 1420. The summed E-state index contributed by atoms with van der Waals surface area (Å²) in [7, 11) is 0. The van der Waals surface area contributed by atoms with Crippen molar-refractivity contribution in [1.82, 2.24) is 39.3 Å². The molecule has 0 aromatic carbocycles. The first-order valence-electron chi connectivity index (χ1n) is 13.4. The molecule has 0 unspecified atom stereocenters. The highest BCUT2D eigenvalue weighted by molar-refractivity contribution is 5.79. The number of anilines is 1. The third kappa shape index (κ3) is 4.83.